The average Bonchev–Trinajstić information content (AvgIpc) is 1.98. The van der Waals surface area contributed by atoms with Gasteiger partial charge in [0, 0.05) is 32.3 Å². The van der Waals surface area contributed by atoms with E-state index in [1.165, 1.54) is 0 Å². The van der Waals surface area contributed by atoms with Gasteiger partial charge in [-0.3, -0.25) is 9.59 Å². The van der Waals surface area contributed by atoms with Crippen molar-refractivity contribution in [3.63, 3.8) is 0 Å². The summed E-state index contributed by atoms with van der Waals surface area (Å²) in [5.74, 6) is 0.189. The number of rotatable bonds is 1. The van der Waals surface area contributed by atoms with Gasteiger partial charge in [-0.25, -0.2) is 0 Å². The van der Waals surface area contributed by atoms with Crippen molar-refractivity contribution in [1.82, 2.24) is 0 Å². The van der Waals surface area contributed by atoms with Crippen molar-refractivity contribution in [3.05, 3.63) is 0 Å². The number of aliphatic hydroxyl groups excluding tert-OH is 1. The minimum absolute atomic E-state index is 0.0576. The SMILES string of the molecule is CC1(C)CC(=O)CC(CO)CC(=O)C1. The largest absolute Gasteiger partial charge is 0.396 e. The van der Waals surface area contributed by atoms with E-state index in [0.717, 1.165) is 0 Å². The summed E-state index contributed by atoms with van der Waals surface area (Å²) in [6, 6.07) is 0. The van der Waals surface area contributed by atoms with Gasteiger partial charge in [0.05, 0.1) is 0 Å². The van der Waals surface area contributed by atoms with Crippen molar-refractivity contribution < 1.29 is 14.7 Å². The van der Waals surface area contributed by atoms with Crippen LogP contribution in [0.3, 0.4) is 0 Å². The van der Waals surface area contributed by atoms with Crippen molar-refractivity contribution in [2.75, 3.05) is 6.61 Å². The minimum atomic E-state index is -0.200. The van der Waals surface area contributed by atoms with E-state index in [1.807, 2.05) is 13.8 Å². The maximum atomic E-state index is 11.5. The molecule has 0 saturated heterocycles. The third-order valence-corrected chi connectivity index (χ3v) is 2.64. The number of hydrogen-bond donors (Lipinski definition) is 1. The Kier molecular flexibility index (Phi) is 3.43. The number of Topliss-reactive ketones (excluding diaryl/α,β-unsaturated/α-hetero) is 2. The summed E-state index contributed by atoms with van der Waals surface area (Å²) < 4.78 is 0. The predicted octanol–water partition coefficient (Wildman–Crippen LogP) is 1.33. The van der Waals surface area contributed by atoms with Crippen LogP contribution in [0, 0.1) is 11.3 Å². The third kappa shape index (κ3) is 3.22. The van der Waals surface area contributed by atoms with Crippen molar-refractivity contribution in [2.24, 2.45) is 11.3 Å². The summed E-state index contributed by atoms with van der Waals surface area (Å²) >= 11 is 0. The lowest BCUT2D eigenvalue weighted by Gasteiger charge is -2.27. The first-order chi connectivity index (χ1) is 6.43. The van der Waals surface area contributed by atoms with Gasteiger partial charge in [-0.05, 0) is 11.3 Å². The molecule has 0 spiro atoms. The maximum Gasteiger partial charge on any atom is 0.133 e. The highest BCUT2D eigenvalue weighted by atomic mass is 16.3. The molecule has 0 unspecified atom stereocenters. The zero-order valence-corrected chi connectivity index (χ0v) is 8.88. The molecular weight excluding hydrogens is 180 g/mol. The van der Waals surface area contributed by atoms with Crippen LogP contribution < -0.4 is 0 Å². The van der Waals surface area contributed by atoms with Crippen molar-refractivity contribution in [3.8, 4) is 0 Å². The van der Waals surface area contributed by atoms with E-state index in [0.29, 0.717) is 25.7 Å². The van der Waals surface area contributed by atoms with Crippen LogP contribution in [0.5, 0.6) is 0 Å². The molecule has 1 aliphatic rings. The van der Waals surface area contributed by atoms with Crippen molar-refractivity contribution in [1.29, 1.82) is 0 Å². The van der Waals surface area contributed by atoms with Crippen LogP contribution in [0.1, 0.15) is 39.5 Å². The van der Waals surface area contributed by atoms with Crippen LogP contribution in [0.25, 0.3) is 0 Å². The Morgan fingerprint density at radius 1 is 1.21 bits per heavy atom. The van der Waals surface area contributed by atoms with Gasteiger partial charge in [0.1, 0.15) is 11.6 Å². The first-order valence-electron chi connectivity index (χ1n) is 5.07. The van der Waals surface area contributed by atoms with Crippen molar-refractivity contribution in [2.45, 2.75) is 39.5 Å². The molecule has 0 aromatic rings. The highest BCUT2D eigenvalue weighted by Gasteiger charge is 2.30. The summed E-state index contributed by atoms with van der Waals surface area (Å²) in [6.45, 7) is 3.84. The fourth-order valence-corrected chi connectivity index (χ4v) is 2.12. The number of carbonyl (C=O) groups excluding carboxylic acids is 2. The Morgan fingerprint density at radius 3 is 2.00 bits per heavy atom. The smallest absolute Gasteiger partial charge is 0.133 e. The van der Waals surface area contributed by atoms with E-state index in [9.17, 15) is 9.59 Å². The molecule has 0 radical (unpaired) electrons. The minimum Gasteiger partial charge on any atom is -0.396 e. The molecule has 0 aromatic heterocycles. The van der Waals surface area contributed by atoms with Gasteiger partial charge in [-0.2, -0.15) is 0 Å². The lowest BCUT2D eigenvalue weighted by Crippen LogP contribution is -2.28. The highest BCUT2D eigenvalue weighted by Crippen LogP contribution is 2.31. The first-order valence-corrected chi connectivity index (χ1v) is 5.07. The Labute approximate surface area is 84.5 Å². The monoisotopic (exact) mass is 198 g/mol. The molecule has 0 amide bonds. The second-order valence-electron chi connectivity index (χ2n) is 5.05. The van der Waals surface area contributed by atoms with Gasteiger partial charge < -0.3 is 5.11 Å². The molecule has 0 aliphatic heterocycles. The number of carbonyl (C=O) groups is 2. The Bertz CT molecular complexity index is 221. The fourth-order valence-electron chi connectivity index (χ4n) is 2.12. The topological polar surface area (TPSA) is 54.4 Å². The van der Waals surface area contributed by atoms with E-state index in [-0.39, 0.29) is 29.5 Å². The van der Waals surface area contributed by atoms with E-state index in [1.54, 1.807) is 0 Å². The second-order valence-corrected chi connectivity index (χ2v) is 5.05. The summed E-state index contributed by atoms with van der Waals surface area (Å²) in [6.07, 6.45) is 1.61. The molecule has 0 bridgehead atoms. The zero-order valence-electron chi connectivity index (χ0n) is 8.88. The number of aliphatic hydroxyl groups is 1. The molecule has 1 saturated carbocycles. The van der Waals surface area contributed by atoms with E-state index in [4.69, 9.17) is 5.11 Å². The Morgan fingerprint density at radius 2 is 1.64 bits per heavy atom. The zero-order chi connectivity index (χ0) is 10.8. The second kappa shape index (κ2) is 4.22. The molecule has 0 heterocycles. The lowest BCUT2D eigenvalue weighted by atomic mass is 9.76. The normalized spacial score (nSPS) is 24.5. The maximum absolute atomic E-state index is 11.5. The van der Waals surface area contributed by atoms with Gasteiger partial charge in [-0.15, -0.1) is 0 Å². The summed E-state index contributed by atoms with van der Waals surface area (Å²) in [7, 11) is 0. The first kappa shape index (κ1) is 11.4. The standard InChI is InChI=1S/C11H18O3/c1-11(2)5-9(13)3-8(7-12)4-10(14)6-11/h8,12H,3-7H2,1-2H3. The quantitative estimate of drug-likeness (QED) is 0.691. The van der Waals surface area contributed by atoms with Crippen LogP contribution in [0.4, 0.5) is 0 Å². The molecular formula is C11H18O3. The molecule has 1 fully saturated rings. The van der Waals surface area contributed by atoms with Crippen molar-refractivity contribution >= 4 is 11.6 Å². The Balaban J connectivity index is 2.70. The van der Waals surface area contributed by atoms with Gasteiger partial charge in [0.15, 0.2) is 0 Å². The van der Waals surface area contributed by atoms with Gasteiger partial charge in [-0.1, -0.05) is 13.8 Å². The van der Waals surface area contributed by atoms with Crippen LogP contribution in [-0.2, 0) is 9.59 Å². The number of hydrogen-bond acceptors (Lipinski definition) is 3. The molecule has 1 N–H and O–H groups in total. The van der Waals surface area contributed by atoms with E-state index < -0.39 is 0 Å². The number of ketones is 2. The summed E-state index contributed by atoms with van der Waals surface area (Å²) in [5.41, 5.74) is -0.200. The molecule has 1 rings (SSSR count). The van der Waals surface area contributed by atoms with E-state index >= 15 is 0 Å². The lowest BCUT2D eigenvalue weighted by molar-refractivity contribution is -0.128. The van der Waals surface area contributed by atoms with Gasteiger partial charge in [0.2, 0.25) is 0 Å². The third-order valence-electron chi connectivity index (χ3n) is 2.64. The predicted molar refractivity (Wildman–Crippen MR) is 52.8 cm³/mol. The Hall–Kier alpha value is -0.700. The van der Waals surface area contributed by atoms with Crippen LogP contribution in [0.2, 0.25) is 0 Å². The molecule has 1 aliphatic carbocycles. The van der Waals surface area contributed by atoms with Crippen LogP contribution in [-0.4, -0.2) is 23.3 Å². The molecule has 14 heavy (non-hydrogen) atoms. The van der Waals surface area contributed by atoms with E-state index in [2.05, 4.69) is 0 Å². The molecule has 3 heteroatoms. The van der Waals surface area contributed by atoms with Crippen LogP contribution >= 0.6 is 0 Å². The highest BCUT2D eigenvalue weighted by molar-refractivity contribution is 5.85. The summed E-state index contributed by atoms with van der Waals surface area (Å²) in [5, 5.41) is 8.97. The molecule has 80 valence electrons. The molecule has 0 atom stereocenters. The average molecular weight is 198 g/mol. The molecule has 3 nitrogen and oxygen atoms in total. The molecule has 0 aromatic carbocycles. The fraction of sp³-hybridized carbons (Fsp3) is 0.818. The van der Waals surface area contributed by atoms with Gasteiger partial charge >= 0.3 is 0 Å². The summed E-state index contributed by atoms with van der Waals surface area (Å²) in [4.78, 5) is 23.0. The van der Waals surface area contributed by atoms with Gasteiger partial charge in [0.25, 0.3) is 0 Å². The van der Waals surface area contributed by atoms with Crippen LogP contribution in [0.15, 0.2) is 0 Å².